The molecule has 0 saturated carbocycles. The Morgan fingerprint density at radius 3 is 2.50 bits per heavy atom. The Hall–Kier alpha value is -1.16. The van der Waals surface area contributed by atoms with Crippen LogP contribution in [0.1, 0.15) is 44.1 Å². The first-order valence-corrected chi connectivity index (χ1v) is 5.64. The van der Waals surface area contributed by atoms with E-state index in [1.165, 1.54) is 0 Å². The highest BCUT2D eigenvalue weighted by Crippen LogP contribution is 2.19. The van der Waals surface area contributed by atoms with E-state index >= 15 is 0 Å². The van der Waals surface area contributed by atoms with Crippen LogP contribution in [0.2, 0.25) is 0 Å². The third kappa shape index (κ3) is 3.17. The van der Waals surface area contributed by atoms with Gasteiger partial charge < -0.3 is 10.1 Å². The van der Waals surface area contributed by atoms with E-state index in [0.717, 1.165) is 17.3 Å². The predicted octanol–water partition coefficient (Wildman–Crippen LogP) is 2.39. The molecule has 1 unspecified atom stereocenters. The van der Waals surface area contributed by atoms with Gasteiger partial charge >= 0.3 is 0 Å². The first kappa shape index (κ1) is 12.9. The van der Waals surface area contributed by atoms with E-state index in [9.17, 15) is 0 Å². The summed E-state index contributed by atoms with van der Waals surface area (Å²) in [4.78, 5) is 9.02. The van der Waals surface area contributed by atoms with Crippen molar-refractivity contribution >= 4 is 5.82 Å². The molecule has 4 nitrogen and oxygen atoms in total. The summed E-state index contributed by atoms with van der Waals surface area (Å²) in [7, 11) is 3.57. The number of hydrogen-bond donors (Lipinski definition) is 1. The molecule has 0 amide bonds. The van der Waals surface area contributed by atoms with E-state index in [4.69, 9.17) is 4.74 Å². The summed E-state index contributed by atoms with van der Waals surface area (Å²) in [6, 6.07) is 1.99. The van der Waals surface area contributed by atoms with E-state index in [2.05, 4.69) is 36.1 Å². The van der Waals surface area contributed by atoms with Gasteiger partial charge in [-0.05, 0) is 5.92 Å². The molecule has 1 aromatic rings. The minimum Gasteiger partial charge on any atom is -0.384 e. The van der Waals surface area contributed by atoms with Gasteiger partial charge in [0.05, 0.1) is 6.61 Å². The quantitative estimate of drug-likeness (QED) is 0.832. The molecular formula is C12H21N3O. The van der Waals surface area contributed by atoms with Crippen molar-refractivity contribution in [3.8, 4) is 0 Å². The second kappa shape index (κ2) is 5.80. The largest absolute Gasteiger partial charge is 0.384 e. The van der Waals surface area contributed by atoms with Gasteiger partial charge in [-0.2, -0.15) is 0 Å². The molecule has 1 heterocycles. The minimum atomic E-state index is 0.218. The molecule has 1 rings (SSSR count). The Bertz CT molecular complexity index is 339. The molecule has 0 radical (unpaired) electrons. The van der Waals surface area contributed by atoms with Crippen LogP contribution in [-0.4, -0.2) is 30.7 Å². The van der Waals surface area contributed by atoms with Crippen LogP contribution in [0.3, 0.4) is 0 Å². The van der Waals surface area contributed by atoms with Crippen LogP contribution in [0.15, 0.2) is 6.07 Å². The van der Waals surface area contributed by atoms with Gasteiger partial charge in [-0.1, -0.05) is 20.8 Å². The fraction of sp³-hybridized carbons (Fsp3) is 0.667. The first-order chi connectivity index (χ1) is 7.58. The van der Waals surface area contributed by atoms with Crippen LogP contribution >= 0.6 is 0 Å². The molecule has 1 N–H and O–H groups in total. The Kier molecular flexibility index (Phi) is 4.68. The standard InChI is InChI=1S/C12H21N3O/c1-8(2)10-6-11(13-4)15-12(14-10)9(3)7-16-5/h6,8-9H,7H2,1-5H3,(H,13,14,15). The summed E-state index contributed by atoms with van der Waals surface area (Å²) in [5.74, 6) is 2.34. The summed E-state index contributed by atoms with van der Waals surface area (Å²) in [6.45, 7) is 6.98. The van der Waals surface area contributed by atoms with Crippen LogP contribution in [0.5, 0.6) is 0 Å². The number of anilines is 1. The van der Waals surface area contributed by atoms with Crippen molar-refractivity contribution < 1.29 is 4.74 Å². The van der Waals surface area contributed by atoms with Crippen molar-refractivity contribution in [1.82, 2.24) is 9.97 Å². The zero-order valence-corrected chi connectivity index (χ0v) is 10.7. The molecule has 0 aliphatic heterocycles. The fourth-order valence-corrected chi connectivity index (χ4v) is 1.45. The number of methoxy groups -OCH3 is 1. The third-order valence-corrected chi connectivity index (χ3v) is 2.47. The van der Waals surface area contributed by atoms with E-state index in [1.807, 2.05) is 13.1 Å². The van der Waals surface area contributed by atoms with Crippen molar-refractivity contribution in [2.45, 2.75) is 32.6 Å². The van der Waals surface area contributed by atoms with Crippen LogP contribution in [0, 0.1) is 0 Å². The fourth-order valence-electron chi connectivity index (χ4n) is 1.45. The van der Waals surface area contributed by atoms with Gasteiger partial charge in [0.25, 0.3) is 0 Å². The van der Waals surface area contributed by atoms with Gasteiger partial charge in [0.2, 0.25) is 0 Å². The maximum absolute atomic E-state index is 5.13. The molecule has 0 aliphatic carbocycles. The summed E-state index contributed by atoms with van der Waals surface area (Å²) in [5, 5.41) is 3.07. The predicted molar refractivity (Wildman–Crippen MR) is 66.0 cm³/mol. The lowest BCUT2D eigenvalue weighted by molar-refractivity contribution is 0.181. The Labute approximate surface area is 97.5 Å². The summed E-state index contributed by atoms with van der Waals surface area (Å²) >= 11 is 0. The number of hydrogen-bond acceptors (Lipinski definition) is 4. The molecule has 90 valence electrons. The molecule has 1 atom stereocenters. The van der Waals surface area contributed by atoms with Crippen molar-refractivity contribution in [1.29, 1.82) is 0 Å². The molecule has 0 saturated heterocycles. The topological polar surface area (TPSA) is 47.0 Å². The summed E-state index contributed by atoms with van der Waals surface area (Å²) in [5.41, 5.74) is 1.07. The Balaban J connectivity index is 3.03. The number of nitrogens with one attached hydrogen (secondary N) is 1. The van der Waals surface area contributed by atoms with E-state index in [0.29, 0.717) is 12.5 Å². The highest BCUT2D eigenvalue weighted by molar-refractivity contribution is 5.36. The van der Waals surface area contributed by atoms with Crippen LogP contribution in [-0.2, 0) is 4.74 Å². The SMILES string of the molecule is CNc1cc(C(C)C)nc(C(C)COC)n1. The number of ether oxygens (including phenoxy) is 1. The molecule has 0 bridgehead atoms. The molecule has 16 heavy (non-hydrogen) atoms. The van der Waals surface area contributed by atoms with Crippen molar-refractivity contribution in [2.75, 3.05) is 26.1 Å². The molecular weight excluding hydrogens is 202 g/mol. The monoisotopic (exact) mass is 223 g/mol. The third-order valence-electron chi connectivity index (χ3n) is 2.47. The summed E-state index contributed by atoms with van der Waals surface area (Å²) < 4.78 is 5.13. The lowest BCUT2D eigenvalue weighted by atomic mass is 10.1. The van der Waals surface area contributed by atoms with Gasteiger partial charge in [-0.3, -0.25) is 0 Å². The second-order valence-corrected chi connectivity index (χ2v) is 4.30. The molecule has 0 aromatic carbocycles. The number of rotatable bonds is 5. The maximum Gasteiger partial charge on any atom is 0.136 e. The van der Waals surface area contributed by atoms with Gasteiger partial charge in [-0.15, -0.1) is 0 Å². The first-order valence-electron chi connectivity index (χ1n) is 5.64. The van der Waals surface area contributed by atoms with Gasteiger partial charge in [0.15, 0.2) is 0 Å². The van der Waals surface area contributed by atoms with E-state index in [1.54, 1.807) is 7.11 Å². The van der Waals surface area contributed by atoms with E-state index in [-0.39, 0.29) is 5.92 Å². The zero-order valence-electron chi connectivity index (χ0n) is 10.7. The van der Waals surface area contributed by atoms with E-state index < -0.39 is 0 Å². The molecule has 1 aromatic heterocycles. The molecule has 0 fully saturated rings. The summed E-state index contributed by atoms with van der Waals surface area (Å²) in [6.07, 6.45) is 0. The minimum absolute atomic E-state index is 0.218. The average Bonchev–Trinajstić information content (AvgIpc) is 2.28. The maximum atomic E-state index is 5.13. The van der Waals surface area contributed by atoms with Crippen molar-refractivity contribution in [3.63, 3.8) is 0 Å². The zero-order chi connectivity index (χ0) is 12.1. The van der Waals surface area contributed by atoms with Crippen LogP contribution < -0.4 is 5.32 Å². The lowest BCUT2D eigenvalue weighted by Crippen LogP contribution is -2.11. The Morgan fingerprint density at radius 2 is 2.00 bits per heavy atom. The second-order valence-electron chi connectivity index (χ2n) is 4.30. The molecule has 0 spiro atoms. The number of aromatic nitrogens is 2. The van der Waals surface area contributed by atoms with Crippen molar-refractivity contribution in [2.24, 2.45) is 0 Å². The van der Waals surface area contributed by atoms with Crippen LogP contribution in [0.25, 0.3) is 0 Å². The smallest absolute Gasteiger partial charge is 0.136 e. The normalized spacial score (nSPS) is 12.9. The Morgan fingerprint density at radius 1 is 1.31 bits per heavy atom. The highest BCUT2D eigenvalue weighted by atomic mass is 16.5. The number of nitrogens with zero attached hydrogens (tertiary/aromatic N) is 2. The highest BCUT2D eigenvalue weighted by Gasteiger charge is 2.12. The molecule has 0 aliphatic rings. The van der Waals surface area contributed by atoms with Gasteiger partial charge in [-0.25, -0.2) is 9.97 Å². The van der Waals surface area contributed by atoms with Gasteiger partial charge in [0.1, 0.15) is 11.6 Å². The van der Waals surface area contributed by atoms with Crippen molar-refractivity contribution in [3.05, 3.63) is 17.6 Å². The lowest BCUT2D eigenvalue weighted by Gasteiger charge is -2.13. The average molecular weight is 223 g/mol. The van der Waals surface area contributed by atoms with Crippen LogP contribution in [0.4, 0.5) is 5.82 Å². The molecule has 4 heteroatoms. The van der Waals surface area contributed by atoms with Gasteiger partial charge in [0, 0.05) is 31.8 Å².